The molecule has 2 N–H and O–H groups in total. The van der Waals surface area contributed by atoms with Crippen LogP contribution in [-0.4, -0.2) is 27.6 Å². The standard InChI is InChI=1S/C17H20N2O3/c20-16(18-14-6-5-13(11-14)17(21)22)8-10-19-9-7-12-3-1-2-4-15(12)19/h1-4,7,9,13-14H,5-6,8,10-11H2,(H,18,20)(H,21,22)/t13-,14+/m1/s1. The summed E-state index contributed by atoms with van der Waals surface area (Å²) in [4.78, 5) is 23.0. The van der Waals surface area contributed by atoms with E-state index in [1.54, 1.807) is 0 Å². The molecular formula is C17H20N2O3. The smallest absolute Gasteiger partial charge is 0.306 e. The maximum absolute atomic E-state index is 12.0. The van der Waals surface area contributed by atoms with Crippen LogP contribution in [0.25, 0.3) is 10.9 Å². The lowest BCUT2D eigenvalue weighted by Crippen LogP contribution is -2.33. The second kappa shape index (κ2) is 6.22. The van der Waals surface area contributed by atoms with Crippen molar-refractivity contribution >= 4 is 22.8 Å². The number of carboxylic acid groups (broad SMARTS) is 1. The summed E-state index contributed by atoms with van der Waals surface area (Å²) in [7, 11) is 0. The van der Waals surface area contributed by atoms with Crippen molar-refractivity contribution in [3.05, 3.63) is 36.5 Å². The summed E-state index contributed by atoms with van der Waals surface area (Å²) in [6.45, 7) is 0.633. The molecule has 3 rings (SSSR count). The Hall–Kier alpha value is -2.30. The van der Waals surface area contributed by atoms with Gasteiger partial charge in [0.05, 0.1) is 5.92 Å². The first-order valence-corrected chi connectivity index (χ1v) is 7.69. The van der Waals surface area contributed by atoms with Crippen molar-refractivity contribution < 1.29 is 14.7 Å². The van der Waals surface area contributed by atoms with Crippen molar-refractivity contribution in [1.29, 1.82) is 0 Å². The fraction of sp³-hybridized carbons (Fsp3) is 0.412. The first-order chi connectivity index (χ1) is 10.6. The Labute approximate surface area is 128 Å². The lowest BCUT2D eigenvalue weighted by molar-refractivity contribution is -0.141. The molecule has 0 aliphatic heterocycles. The number of aryl methyl sites for hydroxylation is 1. The maximum Gasteiger partial charge on any atom is 0.306 e. The normalized spacial score (nSPS) is 21.1. The van der Waals surface area contributed by atoms with E-state index in [0.29, 0.717) is 25.8 Å². The van der Waals surface area contributed by atoms with Crippen molar-refractivity contribution in [3.63, 3.8) is 0 Å². The van der Waals surface area contributed by atoms with Gasteiger partial charge in [-0.15, -0.1) is 0 Å². The first kappa shape index (κ1) is 14.6. The molecule has 0 spiro atoms. The zero-order valence-electron chi connectivity index (χ0n) is 12.4. The van der Waals surface area contributed by atoms with Gasteiger partial charge in [-0.05, 0) is 36.8 Å². The minimum atomic E-state index is -0.754. The van der Waals surface area contributed by atoms with Gasteiger partial charge in [0.25, 0.3) is 0 Å². The van der Waals surface area contributed by atoms with Gasteiger partial charge in [0.1, 0.15) is 0 Å². The van der Waals surface area contributed by atoms with Crippen LogP contribution in [0.15, 0.2) is 36.5 Å². The molecule has 1 aliphatic carbocycles. The second-order valence-electron chi connectivity index (χ2n) is 5.93. The summed E-state index contributed by atoms with van der Waals surface area (Å²) in [6.07, 6.45) is 4.37. The number of hydrogen-bond donors (Lipinski definition) is 2. The van der Waals surface area contributed by atoms with Crippen molar-refractivity contribution in [2.45, 2.75) is 38.3 Å². The van der Waals surface area contributed by atoms with Gasteiger partial charge in [-0.2, -0.15) is 0 Å². The van der Waals surface area contributed by atoms with Gasteiger partial charge in [-0.1, -0.05) is 18.2 Å². The van der Waals surface area contributed by atoms with Gasteiger partial charge in [-0.3, -0.25) is 9.59 Å². The number of aromatic nitrogens is 1. The maximum atomic E-state index is 12.0. The molecule has 5 heteroatoms. The van der Waals surface area contributed by atoms with Crippen LogP contribution in [0.4, 0.5) is 0 Å². The zero-order chi connectivity index (χ0) is 15.5. The molecule has 1 aliphatic rings. The highest BCUT2D eigenvalue weighted by Crippen LogP contribution is 2.25. The lowest BCUT2D eigenvalue weighted by atomic mass is 10.1. The van der Waals surface area contributed by atoms with E-state index in [2.05, 4.69) is 16.0 Å². The van der Waals surface area contributed by atoms with E-state index in [9.17, 15) is 9.59 Å². The summed E-state index contributed by atoms with van der Waals surface area (Å²) in [6, 6.07) is 10.1. The predicted molar refractivity (Wildman–Crippen MR) is 83.5 cm³/mol. The van der Waals surface area contributed by atoms with Crippen molar-refractivity contribution in [2.24, 2.45) is 5.92 Å². The molecule has 1 aromatic carbocycles. The minimum Gasteiger partial charge on any atom is -0.481 e. The highest BCUT2D eigenvalue weighted by Gasteiger charge is 2.30. The van der Waals surface area contributed by atoms with Crippen LogP contribution in [0, 0.1) is 5.92 Å². The predicted octanol–water partition coefficient (Wildman–Crippen LogP) is 2.40. The Morgan fingerprint density at radius 1 is 1.23 bits per heavy atom. The van der Waals surface area contributed by atoms with E-state index in [0.717, 1.165) is 11.9 Å². The SMILES string of the molecule is O=C(CCn1ccc2ccccc21)N[C@H]1CC[C@@H](C(=O)O)C1. The van der Waals surface area contributed by atoms with E-state index >= 15 is 0 Å². The highest BCUT2D eigenvalue weighted by atomic mass is 16.4. The third-order valence-electron chi connectivity index (χ3n) is 4.41. The minimum absolute atomic E-state index is 0.00572. The fourth-order valence-corrected chi connectivity index (χ4v) is 3.19. The summed E-state index contributed by atoms with van der Waals surface area (Å²) in [5.41, 5.74) is 1.13. The quantitative estimate of drug-likeness (QED) is 0.890. The van der Waals surface area contributed by atoms with Crippen molar-refractivity contribution in [2.75, 3.05) is 0 Å². The molecule has 2 aromatic rings. The second-order valence-corrected chi connectivity index (χ2v) is 5.93. The summed E-state index contributed by atoms with van der Waals surface area (Å²) in [5.74, 6) is -1.07. The number of rotatable bonds is 5. The molecule has 0 bridgehead atoms. The largest absolute Gasteiger partial charge is 0.481 e. The van der Waals surface area contributed by atoms with Gasteiger partial charge in [0, 0.05) is 30.7 Å². The number of benzene rings is 1. The Balaban J connectivity index is 1.52. The van der Waals surface area contributed by atoms with Gasteiger partial charge in [0.2, 0.25) is 5.91 Å². The number of hydrogen-bond acceptors (Lipinski definition) is 2. The molecule has 1 saturated carbocycles. The summed E-state index contributed by atoms with van der Waals surface area (Å²) < 4.78 is 2.07. The van der Waals surface area contributed by atoms with Gasteiger partial charge in [-0.25, -0.2) is 0 Å². The fourth-order valence-electron chi connectivity index (χ4n) is 3.19. The highest BCUT2D eigenvalue weighted by molar-refractivity contribution is 5.80. The molecule has 22 heavy (non-hydrogen) atoms. The number of amides is 1. The van der Waals surface area contributed by atoms with Crippen LogP contribution in [0.2, 0.25) is 0 Å². The average Bonchev–Trinajstić information content (AvgIpc) is 3.12. The molecule has 0 unspecified atom stereocenters. The number of carbonyl (C=O) groups is 2. The number of aliphatic carboxylic acids is 1. The number of nitrogens with one attached hydrogen (secondary N) is 1. The van der Waals surface area contributed by atoms with E-state index in [1.807, 2.05) is 30.5 Å². The summed E-state index contributed by atoms with van der Waals surface area (Å²) >= 11 is 0. The molecule has 1 heterocycles. The van der Waals surface area contributed by atoms with Crippen LogP contribution < -0.4 is 5.32 Å². The van der Waals surface area contributed by atoms with E-state index < -0.39 is 5.97 Å². The molecule has 5 nitrogen and oxygen atoms in total. The van der Waals surface area contributed by atoms with Crippen molar-refractivity contribution in [3.8, 4) is 0 Å². The number of fused-ring (bicyclic) bond motifs is 1. The Morgan fingerprint density at radius 2 is 2.05 bits per heavy atom. The molecule has 1 amide bonds. The monoisotopic (exact) mass is 300 g/mol. The van der Waals surface area contributed by atoms with Crippen LogP contribution in [0.3, 0.4) is 0 Å². The van der Waals surface area contributed by atoms with Crippen LogP contribution >= 0.6 is 0 Å². The molecule has 1 aromatic heterocycles. The number of carboxylic acids is 1. The van der Waals surface area contributed by atoms with Gasteiger partial charge < -0.3 is 15.0 Å². The number of para-hydroxylation sites is 1. The molecular weight excluding hydrogens is 280 g/mol. The lowest BCUT2D eigenvalue weighted by Gasteiger charge is -2.13. The molecule has 2 atom stereocenters. The Kier molecular flexibility index (Phi) is 4.13. The van der Waals surface area contributed by atoms with Crippen LogP contribution in [-0.2, 0) is 16.1 Å². The molecule has 1 fully saturated rings. The van der Waals surface area contributed by atoms with Gasteiger partial charge in [0.15, 0.2) is 0 Å². The first-order valence-electron chi connectivity index (χ1n) is 7.69. The molecule has 116 valence electrons. The molecule has 0 radical (unpaired) electrons. The Bertz CT molecular complexity index is 692. The average molecular weight is 300 g/mol. The van der Waals surface area contributed by atoms with E-state index in [1.165, 1.54) is 5.39 Å². The van der Waals surface area contributed by atoms with Crippen LogP contribution in [0.5, 0.6) is 0 Å². The molecule has 0 saturated heterocycles. The zero-order valence-corrected chi connectivity index (χ0v) is 12.4. The Morgan fingerprint density at radius 3 is 2.82 bits per heavy atom. The number of nitrogens with zero attached hydrogens (tertiary/aromatic N) is 1. The van der Waals surface area contributed by atoms with Crippen LogP contribution in [0.1, 0.15) is 25.7 Å². The topological polar surface area (TPSA) is 71.3 Å². The third-order valence-corrected chi connectivity index (χ3v) is 4.41. The number of carbonyl (C=O) groups excluding carboxylic acids is 1. The van der Waals surface area contributed by atoms with Crippen molar-refractivity contribution in [1.82, 2.24) is 9.88 Å². The third kappa shape index (κ3) is 3.13. The van der Waals surface area contributed by atoms with E-state index in [4.69, 9.17) is 5.11 Å². The summed E-state index contributed by atoms with van der Waals surface area (Å²) in [5, 5.41) is 13.1. The van der Waals surface area contributed by atoms with Gasteiger partial charge >= 0.3 is 5.97 Å². The van der Waals surface area contributed by atoms with E-state index in [-0.39, 0.29) is 17.9 Å².